The summed E-state index contributed by atoms with van der Waals surface area (Å²) in [6.45, 7) is 0.371. The number of nitrogens with one attached hydrogen (secondary N) is 1. The van der Waals surface area contributed by atoms with Gasteiger partial charge in [0.1, 0.15) is 5.75 Å². The third-order valence-corrected chi connectivity index (χ3v) is 4.08. The molecule has 6 heteroatoms. The van der Waals surface area contributed by atoms with Crippen LogP contribution < -0.4 is 10.1 Å². The summed E-state index contributed by atoms with van der Waals surface area (Å²) >= 11 is 1.28. The number of aromatic nitrogens is 2. The van der Waals surface area contributed by atoms with Crippen LogP contribution in [-0.2, 0) is 0 Å². The van der Waals surface area contributed by atoms with E-state index in [0.29, 0.717) is 17.5 Å². The molecule has 3 aromatic rings. The summed E-state index contributed by atoms with van der Waals surface area (Å²) < 4.78 is 9.44. The van der Waals surface area contributed by atoms with Gasteiger partial charge in [0, 0.05) is 23.6 Å². The van der Waals surface area contributed by atoms with Gasteiger partial charge >= 0.3 is 0 Å². The molecule has 2 N–H and O–H groups in total. The minimum Gasteiger partial charge on any atom is -0.497 e. The molecule has 2 aromatic carbocycles. The molecule has 1 heterocycles. The monoisotopic (exact) mass is 327 g/mol. The first kappa shape index (κ1) is 15.5. The van der Waals surface area contributed by atoms with Gasteiger partial charge in [0.25, 0.3) is 0 Å². The van der Waals surface area contributed by atoms with E-state index in [4.69, 9.17) is 4.74 Å². The zero-order chi connectivity index (χ0) is 16.1. The number of methoxy groups -OCH3 is 1. The van der Waals surface area contributed by atoms with Gasteiger partial charge in [-0.2, -0.15) is 9.36 Å². The van der Waals surface area contributed by atoms with Crippen LogP contribution >= 0.6 is 11.5 Å². The Morgan fingerprint density at radius 3 is 2.57 bits per heavy atom. The number of rotatable bonds is 6. The van der Waals surface area contributed by atoms with E-state index in [1.54, 1.807) is 7.11 Å². The van der Waals surface area contributed by atoms with Gasteiger partial charge < -0.3 is 15.2 Å². The third-order valence-electron chi connectivity index (χ3n) is 3.41. The molecule has 0 aliphatic rings. The minimum absolute atomic E-state index is 0.371. The normalized spacial score (nSPS) is 11.9. The molecule has 1 aromatic heterocycles. The predicted octanol–water partition coefficient (Wildman–Crippen LogP) is 3.36. The Morgan fingerprint density at radius 2 is 1.87 bits per heavy atom. The quantitative estimate of drug-likeness (QED) is 0.727. The average molecular weight is 327 g/mol. The molecule has 5 nitrogen and oxygen atoms in total. The Bertz CT molecular complexity index is 744. The first-order chi connectivity index (χ1) is 11.3. The van der Waals surface area contributed by atoms with Crippen molar-refractivity contribution < 1.29 is 9.84 Å². The van der Waals surface area contributed by atoms with E-state index in [-0.39, 0.29) is 0 Å². The molecule has 0 radical (unpaired) electrons. The van der Waals surface area contributed by atoms with Gasteiger partial charge in [-0.25, -0.2) is 0 Å². The zero-order valence-electron chi connectivity index (χ0n) is 12.6. The Balaban J connectivity index is 1.60. The van der Waals surface area contributed by atoms with Crippen molar-refractivity contribution in [3.63, 3.8) is 0 Å². The smallest absolute Gasteiger partial charge is 0.202 e. The van der Waals surface area contributed by atoms with Crippen molar-refractivity contribution in [3.8, 4) is 17.1 Å². The van der Waals surface area contributed by atoms with Gasteiger partial charge in [0.2, 0.25) is 5.13 Å². The van der Waals surface area contributed by atoms with Crippen LogP contribution in [-0.4, -0.2) is 28.1 Å². The second-order valence-electron chi connectivity index (χ2n) is 4.96. The van der Waals surface area contributed by atoms with E-state index in [1.165, 1.54) is 11.5 Å². The number of hydrogen-bond donors (Lipinski definition) is 2. The number of nitrogens with zero attached hydrogens (tertiary/aromatic N) is 2. The molecule has 0 bridgehead atoms. The molecule has 0 fully saturated rings. The maximum absolute atomic E-state index is 10.2. The number of anilines is 1. The molecule has 0 amide bonds. The fourth-order valence-electron chi connectivity index (χ4n) is 2.13. The van der Waals surface area contributed by atoms with Crippen molar-refractivity contribution in [1.29, 1.82) is 0 Å². The Kier molecular flexibility index (Phi) is 4.85. The van der Waals surface area contributed by atoms with Gasteiger partial charge in [-0.05, 0) is 17.7 Å². The van der Waals surface area contributed by atoms with Crippen LogP contribution in [0, 0.1) is 0 Å². The second kappa shape index (κ2) is 7.21. The maximum atomic E-state index is 10.2. The lowest BCUT2D eigenvalue weighted by atomic mass is 10.1. The van der Waals surface area contributed by atoms with Crippen LogP contribution in [0.2, 0.25) is 0 Å². The highest BCUT2D eigenvalue weighted by atomic mass is 32.1. The highest BCUT2D eigenvalue weighted by Crippen LogP contribution is 2.22. The third kappa shape index (κ3) is 3.85. The van der Waals surface area contributed by atoms with Crippen LogP contribution in [0.5, 0.6) is 5.75 Å². The lowest BCUT2D eigenvalue weighted by molar-refractivity contribution is 0.191. The molecule has 0 spiro atoms. The fraction of sp³-hybridized carbons (Fsp3) is 0.176. The molecule has 1 unspecified atom stereocenters. The first-order valence-corrected chi connectivity index (χ1v) is 7.98. The van der Waals surface area contributed by atoms with Crippen LogP contribution in [0.15, 0.2) is 54.6 Å². The zero-order valence-corrected chi connectivity index (χ0v) is 13.5. The standard InChI is InChI=1S/C17H17N3O2S/c1-22-14-9-7-12(8-10-14)15(21)11-18-17-19-16(20-23-17)13-5-3-2-4-6-13/h2-10,15,21H,11H2,1H3,(H,18,19,20). The minimum atomic E-state index is -0.620. The van der Waals surface area contributed by atoms with Gasteiger partial charge in [-0.15, -0.1) is 0 Å². The molecule has 1 atom stereocenters. The van der Waals surface area contributed by atoms with Crippen molar-refractivity contribution in [3.05, 3.63) is 60.2 Å². The summed E-state index contributed by atoms with van der Waals surface area (Å²) in [5, 5.41) is 14.0. The van der Waals surface area contributed by atoms with Gasteiger partial charge in [0.05, 0.1) is 13.2 Å². The Labute approximate surface area is 138 Å². The van der Waals surface area contributed by atoms with Crippen LogP contribution in [0.3, 0.4) is 0 Å². The second-order valence-corrected chi connectivity index (χ2v) is 5.71. The highest BCUT2D eigenvalue weighted by molar-refractivity contribution is 7.09. The van der Waals surface area contributed by atoms with Crippen molar-refractivity contribution in [2.24, 2.45) is 0 Å². The van der Waals surface area contributed by atoms with Crippen molar-refractivity contribution in [2.45, 2.75) is 6.10 Å². The van der Waals surface area contributed by atoms with E-state index in [9.17, 15) is 5.11 Å². The molecule has 118 valence electrons. The van der Waals surface area contributed by atoms with Crippen LogP contribution in [0.4, 0.5) is 5.13 Å². The highest BCUT2D eigenvalue weighted by Gasteiger charge is 2.10. The fourth-order valence-corrected chi connectivity index (χ4v) is 2.72. The lowest BCUT2D eigenvalue weighted by Gasteiger charge is -2.11. The summed E-state index contributed by atoms with van der Waals surface area (Å²) in [6.07, 6.45) is -0.620. The number of benzene rings is 2. The number of aliphatic hydroxyl groups excluding tert-OH is 1. The van der Waals surface area contributed by atoms with Gasteiger partial charge in [0.15, 0.2) is 5.82 Å². The molecule has 23 heavy (non-hydrogen) atoms. The summed E-state index contributed by atoms with van der Waals surface area (Å²) in [4.78, 5) is 4.44. The molecule has 0 aliphatic carbocycles. The van der Waals surface area contributed by atoms with Crippen molar-refractivity contribution in [1.82, 2.24) is 9.36 Å². The maximum Gasteiger partial charge on any atom is 0.202 e. The van der Waals surface area contributed by atoms with Crippen LogP contribution in [0.1, 0.15) is 11.7 Å². The molecule has 0 aliphatic heterocycles. The largest absolute Gasteiger partial charge is 0.497 e. The van der Waals surface area contributed by atoms with E-state index in [0.717, 1.165) is 16.9 Å². The Morgan fingerprint density at radius 1 is 1.13 bits per heavy atom. The van der Waals surface area contributed by atoms with E-state index in [2.05, 4.69) is 14.7 Å². The first-order valence-electron chi connectivity index (χ1n) is 7.21. The summed E-state index contributed by atoms with van der Waals surface area (Å²) in [6, 6.07) is 17.2. The topological polar surface area (TPSA) is 67.3 Å². The molecular formula is C17H17N3O2S. The van der Waals surface area contributed by atoms with Crippen molar-refractivity contribution >= 4 is 16.7 Å². The SMILES string of the molecule is COc1ccc(C(O)CNc2nc(-c3ccccc3)ns2)cc1. The molecule has 0 saturated carbocycles. The summed E-state index contributed by atoms with van der Waals surface area (Å²) in [5.74, 6) is 1.46. The lowest BCUT2D eigenvalue weighted by Crippen LogP contribution is -2.11. The number of aliphatic hydroxyl groups is 1. The van der Waals surface area contributed by atoms with E-state index < -0.39 is 6.10 Å². The Hall–Kier alpha value is -2.44. The van der Waals surface area contributed by atoms with Gasteiger partial charge in [-0.1, -0.05) is 42.5 Å². The number of hydrogen-bond acceptors (Lipinski definition) is 6. The number of ether oxygens (including phenoxy) is 1. The molecular weight excluding hydrogens is 310 g/mol. The van der Waals surface area contributed by atoms with E-state index in [1.807, 2.05) is 54.6 Å². The summed E-state index contributed by atoms with van der Waals surface area (Å²) in [5.41, 5.74) is 1.80. The van der Waals surface area contributed by atoms with Crippen molar-refractivity contribution in [2.75, 3.05) is 19.0 Å². The average Bonchev–Trinajstić information content (AvgIpc) is 3.09. The van der Waals surface area contributed by atoms with Gasteiger partial charge in [-0.3, -0.25) is 0 Å². The predicted molar refractivity (Wildman–Crippen MR) is 91.8 cm³/mol. The summed E-state index contributed by atoms with van der Waals surface area (Å²) in [7, 11) is 1.62. The molecule has 3 rings (SSSR count). The van der Waals surface area contributed by atoms with E-state index >= 15 is 0 Å². The molecule has 0 saturated heterocycles. The van der Waals surface area contributed by atoms with Crippen LogP contribution in [0.25, 0.3) is 11.4 Å².